The summed E-state index contributed by atoms with van der Waals surface area (Å²) >= 11 is 0. The topological polar surface area (TPSA) is 46.5 Å². The van der Waals surface area contributed by atoms with Crippen LogP contribution in [0.15, 0.2) is 24.3 Å². The molecule has 21 heavy (non-hydrogen) atoms. The first kappa shape index (κ1) is 17.3. The first-order valence-electron chi connectivity index (χ1n) is 7.71. The monoisotopic (exact) mass is 290 g/mol. The molecule has 1 rings (SSSR count). The Morgan fingerprint density at radius 1 is 1.33 bits per heavy atom. The minimum absolute atomic E-state index is 0.445. The SMILES string of the molecule is CCCCCC(CC)c1cc(OC)ccc1C=CC(=O)O. The average Bonchev–Trinajstić information content (AvgIpc) is 2.49. The Kier molecular flexibility index (Phi) is 7.59. The van der Waals surface area contributed by atoms with Crippen LogP contribution in [0.25, 0.3) is 6.08 Å². The van der Waals surface area contributed by atoms with Crippen LogP contribution < -0.4 is 4.74 Å². The molecule has 0 fully saturated rings. The molecule has 0 aliphatic rings. The molecular weight excluding hydrogens is 264 g/mol. The van der Waals surface area contributed by atoms with Gasteiger partial charge >= 0.3 is 5.97 Å². The quantitative estimate of drug-likeness (QED) is 0.521. The van der Waals surface area contributed by atoms with Crippen LogP contribution in [0.2, 0.25) is 0 Å². The van der Waals surface area contributed by atoms with E-state index in [0.717, 1.165) is 24.2 Å². The second-order valence-corrected chi connectivity index (χ2v) is 5.27. The molecule has 0 bridgehead atoms. The average molecular weight is 290 g/mol. The standard InChI is InChI=1S/C18H26O3/c1-4-6-7-8-14(5-2)17-13-16(21-3)11-9-15(17)10-12-18(19)20/h9-14H,4-8H2,1-3H3,(H,19,20). The molecule has 3 nitrogen and oxygen atoms in total. The number of rotatable bonds is 9. The van der Waals surface area contributed by atoms with E-state index in [0.29, 0.717) is 5.92 Å². The van der Waals surface area contributed by atoms with Crippen molar-refractivity contribution >= 4 is 12.0 Å². The summed E-state index contributed by atoms with van der Waals surface area (Å²) in [6.45, 7) is 4.38. The highest BCUT2D eigenvalue weighted by atomic mass is 16.5. The predicted octanol–water partition coefficient (Wildman–Crippen LogP) is 4.87. The fraction of sp³-hybridized carbons (Fsp3) is 0.500. The molecule has 1 atom stereocenters. The lowest BCUT2D eigenvalue weighted by Crippen LogP contribution is -2.01. The maximum absolute atomic E-state index is 10.7. The van der Waals surface area contributed by atoms with Gasteiger partial charge in [-0.3, -0.25) is 0 Å². The van der Waals surface area contributed by atoms with E-state index in [9.17, 15) is 4.79 Å². The Morgan fingerprint density at radius 2 is 2.10 bits per heavy atom. The Balaban J connectivity index is 3.05. The van der Waals surface area contributed by atoms with Crippen LogP contribution in [0.3, 0.4) is 0 Å². The minimum Gasteiger partial charge on any atom is -0.497 e. The summed E-state index contributed by atoms with van der Waals surface area (Å²) in [6, 6.07) is 5.86. The lowest BCUT2D eigenvalue weighted by atomic mass is 9.87. The van der Waals surface area contributed by atoms with Gasteiger partial charge < -0.3 is 9.84 Å². The van der Waals surface area contributed by atoms with Gasteiger partial charge in [-0.15, -0.1) is 0 Å². The van der Waals surface area contributed by atoms with Crippen LogP contribution in [0.5, 0.6) is 5.75 Å². The number of ether oxygens (including phenoxy) is 1. The van der Waals surface area contributed by atoms with Crippen molar-refractivity contribution in [2.75, 3.05) is 7.11 Å². The number of benzene rings is 1. The van der Waals surface area contributed by atoms with Crippen molar-refractivity contribution in [1.82, 2.24) is 0 Å². The molecule has 0 aliphatic heterocycles. The van der Waals surface area contributed by atoms with Crippen molar-refractivity contribution in [3.8, 4) is 5.75 Å². The van der Waals surface area contributed by atoms with E-state index >= 15 is 0 Å². The molecule has 3 heteroatoms. The molecule has 1 aromatic carbocycles. The van der Waals surface area contributed by atoms with Crippen molar-refractivity contribution in [3.05, 3.63) is 35.4 Å². The molecular formula is C18H26O3. The van der Waals surface area contributed by atoms with Gasteiger partial charge in [0.1, 0.15) is 5.75 Å². The van der Waals surface area contributed by atoms with E-state index in [1.165, 1.54) is 30.9 Å². The fourth-order valence-corrected chi connectivity index (χ4v) is 2.57. The zero-order chi connectivity index (χ0) is 15.7. The van der Waals surface area contributed by atoms with E-state index in [1.807, 2.05) is 18.2 Å². The second-order valence-electron chi connectivity index (χ2n) is 5.27. The lowest BCUT2D eigenvalue weighted by Gasteiger charge is -2.19. The summed E-state index contributed by atoms with van der Waals surface area (Å²) < 4.78 is 5.32. The Labute approximate surface area is 127 Å². The highest BCUT2D eigenvalue weighted by Gasteiger charge is 2.13. The van der Waals surface area contributed by atoms with E-state index in [-0.39, 0.29) is 0 Å². The predicted molar refractivity (Wildman–Crippen MR) is 86.8 cm³/mol. The van der Waals surface area contributed by atoms with Crippen molar-refractivity contribution < 1.29 is 14.6 Å². The van der Waals surface area contributed by atoms with E-state index < -0.39 is 5.97 Å². The van der Waals surface area contributed by atoms with E-state index in [2.05, 4.69) is 13.8 Å². The molecule has 0 spiro atoms. The highest BCUT2D eigenvalue weighted by molar-refractivity contribution is 5.85. The number of unbranched alkanes of at least 4 members (excludes halogenated alkanes) is 2. The summed E-state index contributed by atoms with van der Waals surface area (Å²) in [4.78, 5) is 10.7. The molecule has 0 heterocycles. The maximum Gasteiger partial charge on any atom is 0.328 e. The summed E-state index contributed by atoms with van der Waals surface area (Å²) in [5.74, 6) is 0.349. The van der Waals surface area contributed by atoms with Crippen LogP contribution in [0, 0.1) is 0 Å². The number of carboxylic acids is 1. The zero-order valence-electron chi connectivity index (χ0n) is 13.3. The lowest BCUT2D eigenvalue weighted by molar-refractivity contribution is -0.131. The molecule has 0 aliphatic carbocycles. The molecule has 116 valence electrons. The van der Waals surface area contributed by atoms with Gasteiger partial charge in [0.25, 0.3) is 0 Å². The van der Waals surface area contributed by atoms with Gasteiger partial charge in [0.05, 0.1) is 7.11 Å². The summed E-state index contributed by atoms with van der Waals surface area (Å²) in [5, 5.41) is 8.82. The molecule has 0 saturated carbocycles. The van der Waals surface area contributed by atoms with Gasteiger partial charge in [-0.25, -0.2) is 4.79 Å². The smallest absolute Gasteiger partial charge is 0.328 e. The molecule has 0 amide bonds. The van der Waals surface area contributed by atoms with Crippen molar-refractivity contribution in [1.29, 1.82) is 0 Å². The van der Waals surface area contributed by atoms with Gasteiger partial charge in [0, 0.05) is 6.08 Å². The highest BCUT2D eigenvalue weighted by Crippen LogP contribution is 2.32. The van der Waals surface area contributed by atoms with Gasteiger partial charge in [-0.05, 0) is 48.1 Å². The Morgan fingerprint density at radius 3 is 2.67 bits per heavy atom. The van der Waals surface area contributed by atoms with Gasteiger partial charge in [0.15, 0.2) is 0 Å². The van der Waals surface area contributed by atoms with Gasteiger partial charge in [-0.2, -0.15) is 0 Å². The van der Waals surface area contributed by atoms with Crippen LogP contribution in [-0.2, 0) is 4.79 Å². The van der Waals surface area contributed by atoms with Crippen LogP contribution >= 0.6 is 0 Å². The number of methoxy groups -OCH3 is 1. The van der Waals surface area contributed by atoms with Crippen molar-refractivity contribution in [2.45, 2.75) is 51.9 Å². The number of hydrogen-bond acceptors (Lipinski definition) is 2. The van der Waals surface area contributed by atoms with Crippen molar-refractivity contribution in [2.24, 2.45) is 0 Å². The summed E-state index contributed by atoms with van der Waals surface area (Å²) in [7, 11) is 1.66. The van der Waals surface area contributed by atoms with E-state index in [1.54, 1.807) is 13.2 Å². The molecule has 0 saturated heterocycles. The summed E-state index contributed by atoms with van der Waals surface area (Å²) in [5.41, 5.74) is 2.16. The van der Waals surface area contributed by atoms with Crippen molar-refractivity contribution in [3.63, 3.8) is 0 Å². The number of aliphatic carboxylic acids is 1. The second kappa shape index (κ2) is 9.22. The molecule has 0 aromatic heterocycles. The molecule has 1 N–H and O–H groups in total. The third-order valence-corrected chi connectivity index (χ3v) is 3.79. The number of hydrogen-bond donors (Lipinski definition) is 1. The van der Waals surface area contributed by atoms with Crippen LogP contribution in [0.1, 0.15) is 63.0 Å². The van der Waals surface area contributed by atoms with Crippen LogP contribution in [-0.4, -0.2) is 18.2 Å². The minimum atomic E-state index is -0.921. The van der Waals surface area contributed by atoms with Gasteiger partial charge in [-0.1, -0.05) is 39.2 Å². The maximum atomic E-state index is 10.7. The molecule has 1 aromatic rings. The van der Waals surface area contributed by atoms with Gasteiger partial charge in [0.2, 0.25) is 0 Å². The zero-order valence-corrected chi connectivity index (χ0v) is 13.3. The Hall–Kier alpha value is -1.77. The number of carbonyl (C=O) groups is 1. The molecule has 0 radical (unpaired) electrons. The number of carboxylic acid groups (broad SMARTS) is 1. The first-order valence-corrected chi connectivity index (χ1v) is 7.71. The Bertz CT molecular complexity index is 477. The largest absolute Gasteiger partial charge is 0.497 e. The first-order chi connectivity index (χ1) is 10.1. The normalized spacial score (nSPS) is 12.5. The fourth-order valence-electron chi connectivity index (χ4n) is 2.57. The third-order valence-electron chi connectivity index (χ3n) is 3.79. The summed E-state index contributed by atoms with van der Waals surface area (Å²) in [6.07, 6.45) is 8.70. The van der Waals surface area contributed by atoms with Crippen LogP contribution in [0.4, 0.5) is 0 Å². The molecule has 1 unspecified atom stereocenters. The van der Waals surface area contributed by atoms with E-state index in [4.69, 9.17) is 9.84 Å². The third kappa shape index (κ3) is 5.62.